The summed E-state index contributed by atoms with van der Waals surface area (Å²) in [6.45, 7) is 2.63. The molecule has 1 fully saturated rings. The zero-order chi connectivity index (χ0) is 9.68. The molecular formula is C10H21NO2. The maximum absolute atomic E-state index is 5.77. The third-order valence-corrected chi connectivity index (χ3v) is 2.67. The molecule has 0 heterocycles. The van der Waals surface area contributed by atoms with Crippen LogP contribution in [0, 0.1) is 0 Å². The number of methoxy groups -OCH3 is 1. The van der Waals surface area contributed by atoms with Crippen LogP contribution in [-0.2, 0) is 9.47 Å². The summed E-state index contributed by atoms with van der Waals surface area (Å²) in [6, 6.07) is 0. The highest BCUT2D eigenvalue weighted by Crippen LogP contribution is 2.23. The molecular weight excluding hydrogens is 166 g/mol. The summed E-state index contributed by atoms with van der Waals surface area (Å²) in [6.07, 6.45) is 5.50. The topological polar surface area (TPSA) is 44.5 Å². The van der Waals surface area contributed by atoms with Crippen LogP contribution < -0.4 is 5.73 Å². The molecule has 1 rings (SSSR count). The number of nitrogens with two attached hydrogens (primary N) is 1. The summed E-state index contributed by atoms with van der Waals surface area (Å²) in [7, 11) is 1.78. The van der Waals surface area contributed by atoms with Gasteiger partial charge >= 0.3 is 0 Å². The molecule has 0 spiro atoms. The maximum atomic E-state index is 5.77. The lowest BCUT2D eigenvalue weighted by molar-refractivity contribution is -0.0559. The Hall–Kier alpha value is -0.120. The molecule has 1 aliphatic carbocycles. The molecule has 3 unspecified atom stereocenters. The van der Waals surface area contributed by atoms with Crippen LogP contribution >= 0.6 is 0 Å². The van der Waals surface area contributed by atoms with E-state index in [1.807, 2.05) is 6.92 Å². The molecule has 78 valence electrons. The van der Waals surface area contributed by atoms with Gasteiger partial charge < -0.3 is 15.2 Å². The zero-order valence-electron chi connectivity index (χ0n) is 8.66. The molecule has 13 heavy (non-hydrogen) atoms. The Balaban J connectivity index is 2.25. The summed E-state index contributed by atoms with van der Waals surface area (Å²) in [5, 5.41) is 0. The molecule has 3 atom stereocenters. The molecule has 0 bridgehead atoms. The second-order valence-corrected chi connectivity index (χ2v) is 3.83. The van der Waals surface area contributed by atoms with E-state index in [0.717, 1.165) is 12.8 Å². The monoisotopic (exact) mass is 187 g/mol. The Kier molecular flexibility index (Phi) is 4.70. The first-order valence-corrected chi connectivity index (χ1v) is 5.14. The van der Waals surface area contributed by atoms with Crippen LogP contribution in [0.4, 0.5) is 0 Å². The fourth-order valence-electron chi connectivity index (χ4n) is 1.82. The van der Waals surface area contributed by atoms with Gasteiger partial charge in [0.05, 0.1) is 18.3 Å². The summed E-state index contributed by atoms with van der Waals surface area (Å²) < 4.78 is 11.1. The van der Waals surface area contributed by atoms with Gasteiger partial charge in [-0.1, -0.05) is 0 Å². The first kappa shape index (κ1) is 11.0. The van der Waals surface area contributed by atoms with E-state index >= 15 is 0 Å². The van der Waals surface area contributed by atoms with Gasteiger partial charge in [-0.3, -0.25) is 0 Å². The van der Waals surface area contributed by atoms with Gasteiger partial charge in [-0.15, -0.1) is 0 Å². The van der Waals surface area contributed by atoms with E-state index in [4.69, 9.17) is 15.2 Å². The van der Waals surface area contributed by atoms with Crippen molar-refractivity contribution in [3.8, 4) is 0 Å². The van der Waals surface area contributed by atoms with Crippen LogP contribution in [0.2, 0.25) is 0 Å². The van der Waals surface area contributed by atoms with Crippen LogP contribution in [-0.4, -0.2) is 32.0 Å². The van der Waals surface area contributed by atoms with Crippen molar-refractivity contribution in [2.75, 3.05) is 13.7 Å². The molecule has 3 nitrogen and oxygen atoms in total. The highest BCUT2D eigenvalue weighted by Gasteiger charge is 2.23. The second kappa shape index (κ2) is 5.58. The van der Waals surface area contributed by atoms with Crippen molar-refractivity contribution >= 4 is 0 Å². The van der Waals surface area contributed by atoms with Crippen LogP contribution in [0.3, 0.4) is 0 Å². The zero-order valence-corrected chi connectivity index (χ0v) is 8.66. The number of rotatable bonds is 4. The standard InChI is InChI=1S/C10H21NO2/c1-8(7-11)13-10-5-3-4-9(6-10)12-2/h8-10H,3-7,11H2,1-2H3. The van der Waals surface area contributed by atoms with Gasteiger partial charge in [-0.25, -0.2) is 0 Å². The molecule has 0 saturated heterocycles. The summed E-state index contributed by atoms with van der Waals surface area (Å²) >= 11 is 0. The van der Waals surface area contributed by atoms with Crippen molar-refractivity contribution in [3.05, 3.63) is 0 Å². The Morgan fingerprint density at radius 1 is 1.38 bits per heavy atom. The molecule has 3 heteroatoms. The van der Waals surface area contributed by atoms with Crippen molar-refractivity contribution < 1.29 is 9.47 Å². The van der Waals surface area contributed by atoms with Crippen molar-refractivity contribution in [3.63, 3.8) is 0 Å². The average molecular weight is 187 g/mol. The lowest BCUT2D eigenvalue weighted by atomic mass is 9.95. The van der Waals surface area contributed by atoms with Crippen LogP contribution in [0.1, 0.15) is 32.6 Å². The minimum absolute atomic E-state index is 0.181. The van der Waals surface area contributed by atoms with Crippen LogP contribution in [0.5, 0.6) is 0 Å². The third kappa shape index (κ3) is 3.63. The fraction of sp³-hybridized carbons (Fsp3) is 1.00. The fourth-order valence-corrected chi connectivity index (χ4v) is 1.82. The normalized spacial score (nSPS) is 31.6. The SMILES string of the molecule is COC1CCCC(OC(C)CN)C1. The number of hydrogen-bond acceptors (Lipinski definition) is 3. The van der Waals surface area contributed by atoms with Crippen molar-refractivity contribution in [2.45, 2.75) is 50.9 Å². The van der Waals surface area contributed by atoms with Gasteiger partial charge in [0.2, 0.25) is 0 Å². The summed E-state index contributed by atoms with van der Waals surface area (Å²) in [5.41, 5.74) is 5.50. The van der Waals surface area contributed by atoms with Crippen molar-refractivity contribution in [1.29, 1.82) is 0 Å². The van der Waals surface area contributed by atoms with Crippen LogP contribution in [0.15, 0.2) is 0 Å². The van der Waals surface area contributed by atoms with E-state index in [2.05, 4.69) is 0 Å². The van der Waals surface area contributed by atoms with Gasteiger partial charge in [0, 0.05) is 13.7 Å². The third-order valence-electron chi connectivity index (χ3n) is 2.67. The van der Waals surface area contributed by atoms with E-state index in [1.165, 1.54) is 12.8 Å². The van der Waals surface area contributed by atoms with Gasteiger partial charge in [0.25, 0.3) is 0 Å². The summed E-state index contributed by atoms with van der Waals surface area (Å²) in [4.78, 5) is 0. The first-order chi connectivity index (χ1) is 6.26. The van der Waals surface area contributed by atoms with Gasteiger partial charge in [-0.2, -0.15) is 0 Å². The molecule has 1 saturated carbocycles. The number of hydrogen-bond donors (Lipinski definition) is 1. The molecule has 0 radical (unpaired) electrons. The lowest BCUT2D eigenvalue weighted by Crippen LogP contribution is -2.32. The Morgan fingerprint density at radius 3 is 2.69 bits per heavy atom. The highest BCUT2D eigenvalue weighted by molar-refractivity contribution is 4.74. The quantitative estimate of drug-likeness (QED) is 0.721. The van der Waals surface area contributed by atoms with E-state index in [-0.39, 0.29) is 6.10 Å². The van der Waals surface area contributed by atoms with Crippen molar-refractivity contribution in [2.24, 2.45) is 5.73 Å². The first-order valence-electron chi connectivity index (χ1n) is 5.14. The second-order valence-electron chi connectivity index (χ2n) is 3.83. The Morgan fingerprint density at radius 2 is 2.08 bits per heavy atom. The molecule has 0 aromatic heterocycles. The smallest absolute Gasteiger partial charge is 0.0672 e. The highest BCUT2D eigenvalue weighted by atomic mass is 16.5. The Bertz CT molecular complexity index is 139. The Labute approximate surface area is 80.6 Å². The molecule has 1 aliphatic rings. The number of ether oxygens (including phenoxy) is 2. The molecule has 2 N–H and O–H groups in total. The summed E-state index contributed by atoms with van der Waals surface area (Å²) in [5.74, 6) is 0. The molecule has 0 amide bonds. The average Bonchev–Trinajstić information content (AvgIpc) is 2.18. The van der Waals surface area contributed by atoms with Crippen molar-refractivity contribution in [1.82, 2.24) is 0 Å². The van der Waals surface area contributed by atoms with Gasteiger partial charge in [-0.05, 0) is 32.6 Å². The minimum Gasteiger partial charge on any atom is -0.381 e. The van der Waals surface area contributed by atoms with Gasteiger partial charge in [0.15, 0.2) is 0 Å². The lowest BCUT2D eigenvalue weighted by Gasteiger charge is -2.30. The molecule has 0 aromatic carbocycles. The van der Waals surface area contributed by atoms with E-state index < -0.39 is 0 Å². The minimum atomic E-state index is 0.181. The largest absolute Gasteiger partial charge is 0.381 e. The predicted octanol–water partition coefficient (Wildman–Crippen LogP) is 1.31. The maximum Gasteiger partial charge on any atom is 0.0672 e. The van der Waals surface area contributed by atoms with E-state index in [1.54, 1.807) is 7.11 Å². The van der Waals surface area contributed by atoms with Gasteiger partial charge in [0.1, 0.15) is 0 Å². The van der Waals surface area contributed by atoms with Crippen LogP contribution in [0.25, 0.3) is 0 Å². The predicted molar refractivity (Wildman–Crippen MR) is 52.7 cm³/mol. The molecule has 0 aliphatic heterocycles. The van der Waals surface area contributed by atoms with E-state index in [0.29, 0.717) is 18.8 Å². The van der Waals surface area contributed by atoms with E-state index in [9.17, 15) is 0 Å². The molecule has 0 aromatic rings.